The number of rotatable bonds is 4. The maximum Gasteiger partial charge on any atom is 0.163 e. The van der Waals surface area contributed by atoms with Crippen molar-refractivity contribution in [2.24, 2.45) is 0 Å². The number of halogens is 1. The summed E-state index contributed by atoms with van der Waals surface area (Å²) in [7, 11) is 0. The molecule has 1 unspecified atom stereocenters. The molecule has 3 nitrogen and oxygen atoms in total. The predicted molar refractivity (Wildman–Crippen MR) is 75.9 cm³/mol. The summed E-state index contributed by atoms with van der Waals surface area (Å²) in [5, 5.41) is 10.0. The van der Waals surface area contributed by atoms with Crippen LogP contribution in [0.25, 0.3) is 0 Å². The lowest BCUT2D eigenvalue weighted by atomic mass is 10.1. The number of hydrogen-bond acceptors (Lipinski definition) is 3. The number of fused-ring (bicyclic) bond motifs is 1. The van der Waals surface area contributed by atoms with E-state index in [1.165, 1.54) is 12.1 Å². The van der Waals surface area contributed by atoms with Gasteiger partial charge in [0, 0.05) is 23.1 Å². The van der Waals surface area contributed by atoms with Crippen LogP contribution in [0.2, 0.25) is 0 Å². The van der Waals surface area contributed by atoms with Crippen LogP contribution in [-0.2, 0) is 6.42 Å². The molecule has 0 aromatic heterocycles. The highest BCUT2D eigenvalue weighted by Crippen LogP contribution is 2.31. The van der Waals surface area contributed by atoms with Gasteiger partial charge in [-0.25, -0.2) is 4.39 Å². The fourth-order valence-electron chi connectivity index (χ4n) is 2.60. The average Bonchev–Trinajstić information content (AvgIpc) is 2.87. The van der Waals surface area contributed by atoms with Crippen LogP contribution < -0.4 is 4.74 Å². The molecule has 0 radical (unpaired) electrons. The van der Waals surface area contributed by atoms with Crippen LogP contribution in [0.15, 0.2) is 42.5 Å². The first kappa shape index (κ1) is 13.8. The first-order chi connectivity index (χ1) is 10.2. The molecule has 0 fully saturated rings. The van der Waals surface area contributed by atoms with Crippen molar-refractivity contribution in [2.75, 3.05) is 6.61 Å². The standard InChI is InChI=1S/C17H15FO3/c18-14-6-2-1-4-13(14)16(20)10-21-17-7-3-5-11-12(17)8-9-15(11)19/h1-7,16,20H,8-10H2. The summed E-state index contributed by atoms with van der Waals surface area (Å²) in [6.45, 7) is -0.0500. The molecule has 3 rings (SSSR count). The Morgan fingerprint density at radius 3 is 2.76 bits per heavy atom. The Balaban J connectivity index is 1.74. The quantitative estimate of drug-likeness (QED) is 0.939. The summed E-state index contributed by atoms with van der Waals surface area (Å²) in [5.41, 5.74) is 1.78. The summed E-state index contributed by atoms with van der Waals surface area (Å²) < 4.78 is 19.2. The van der Waals surface area contributed by atoms with Crippen molar-refractivity contribution in [2.45, 2.75) is 18.9 Å². The van der Waals surface area contributed by atoms with Gasteiger partial charge in [-0.1, -0.05) is 30.3 Å². The first-order valence-electron chi connectivity index (χ1n) is 6.87. The Labute approximate surface area is 122 Å². The van der Waals surface area contributed by atoms with Crippen LogP contribution in [0.5, 0.6) is 5.75 Å². The molecule has 1 N–H and O–H groups in total. The van der Waals surface area contributed by atoms with E-state index in [1.54, 1.807) is 30.3 Å². The number of ether oxygens (including phenoxy) is 1. The van der Waals surface area contributed by atoms with E-state index in [2.05, 4.69) is 0 Å². The molecule has 2 aromatic rings. The lowest BCUT2D eigenvalue weighted by Gasteiger charge is -2.15. The Bertz CT molecular complexity index is 681. The maximum atomic E-state index is 13.6. The van der Waals surface area contributed by atoms with Gasteiger partial charge in [0.1, 0.15) is 24.3 Å². The Morgan fingerprint density at radius 1 is 1.14 bits per heavy atom. The van der Waals surface area contributed by atoms with Gasteiger partial charge in [0.25, 0.3) is 0 Å². The molecule has 0 bridgehead atoms. The normalized spacial score (nSPS) is 14.9. The maximum absolute atomic E-state index is 13.6. The van der Waals surface area contributed by atoms with Crippen LogP contribution in [0.4, 0.5) is 4.39 Å². The molecule has 0 saturated carbocycles. The number of ketones is 1. The monoisotopic (exact) mass is 286 g/mol. The third-order valence-electron chi connectivity index (χ3n) is 3.70. The molecule has 4 heteroatoms. The molecule has 1 aliphatic carbocycles. The number of hydrogen-bond donors (Lipinski definition) is 1. The molecule has 21 heavy (non-hydrogen) atoms. The van der Waals surface area contributed by atoms with Gasteiger partial charge >= 0.3 is 0 Å². The number of carbonyl (C=O) groups is 1. The Morgan fingerprint density at radius 2 is 1.95 bits per heavy atom. The largest absolute Gasteiger partial charge is 0.490 e. The highest BCUT2D eigenvalue weighted by Gasteiger charge is 2.23. The molecule has 0 saturated heterocycles. The summed E-state index contributed by atoms with van der Waals surface area (Å²) >= 11 is 0. The van der Waals surface area contributed by atoms with E-state index in [0.29, 0.717) is 24.2 Å². The minimum Gasteiger partial charge on any atom is -0.490 e. The minimum absolute atomic E-state index is 0.0500. The summed E-state index contributed by atoms with van der Waals surface area (Å²) in [6, 6.07) is 11.4. The Hall–Kier alpha value is -2.20. The Kier molecular flexibility index (Phi) is 3.71. The third-order valence-corrected chi connectivity index (χ3v) is 3.70. The van der Waals surface area contributed by atoms with Gasteiger partial charge < -0.3 is 9.84 Å². The smallest absolute Gasteiger partial charge is 0.163 e. The number of benzene rings is 2. The van der Waals surface area contributed by atoms with Crippen molar-refractivity contribution in [3.8, 4) is 5.75 Å². The molecular weight excluding hydrogens is 271 g/mol. The molecule has 0 heterocycles. The summed E-state index contributed by atoms with van der Waals surface area (Å²) in [4.78, 5) is 11.7. The van der Waals surface area contributed by atoms with E-state index >= 15 is 0 Å². The van der Waals surface area contributed by atoms with E-state index in [4.69, 9.17) is 4.74 Å². The van der Waals surface area contributed by atoms with Crippen molar-refractivity contribution < 1.29 is 19.0 Å². The zero-order chi connectivity index (χ0) is 14.8. The van der Waals surface area contributed by atoms with E-state index in [9.17, 15) is 14.3 Å². The van der Waals surface area contributed by atoms with Gasteiger partial charge in [-0.05, 0) is 18.6 Å². The highest BCUT2D eigenvalue weighted by molar-refractivity contribution is 6.01. The van der Waals surface area contributed by atoms with Crippen molar-refractivity contribution in [3.05, 3.63) is 65.0 Å². The lowest BCUT2D eigenvalue weighted by molar-refractivity contribution is 0.0994. The molecule has 0 spiro atoms. The fraction of sp³-hybridized carbons (Fsp3) is 0.235. The summed E-state index contributed by atoms with van der Waals surface area (Å²) in [5.74, 6) is 0.251. The van der Waals surface area contributed by atoms with Gasteiger partial charge in [0.15, 0.2) is 5.78 Å². The molecule has 2 aromatic carbocycles. The van der Waals surface area contributed by atoms with Gasteiger partial charge in [0.2, 0.25) is 0 Å². The van der Waals surface area contributed by atoms with Crippen LogP contribution in [-0.4, -0.2) is 17.5 Å². The number of aliphatic hydroxyl groups is 1. The second-order valence-corrected chi connectivity index (χ2v) is 5.05. The minimum atomic E-state index is -1.04. The highest BCUT2D eigenvalue weighted by atomic mass is 19.1. The SMILES string of the molecule is O=C1CCc2c(OCC(O)c3ccccc3F)cccc21. The van der Waals surface area contributed by atoms with Crippen LogP contribution in [0.3, 0.4) is 0 Å². The average molecular weight is 286 g/mol. The molecule has 0 amide bonds. The molecular formula is C17H15FO3. The number of carbonyl (C=O) groups excluding carboxylic acids is 1. The third kappa shape index (κ3) is 2.67. The second-order valence-electron chi connectivity index (χ2n) is 5.05. The van der Waals surface area contributed by atoms with Gasteiger partial charge in [-0.15, -0.1) is 0 Å². The number of aliphatic hydroxyl groups excluding tert-OH is 1. The van der Waals surface area contributed by atoms with E-state index in [-0.39, 0.29) is 18.0 Å². The van der Waals surface area contributed by atoms with Crippen LogP contribution in [0.1, 0.15) is 34.0 Å². The van der Waals surface area contributed by atoms with Crippen LogP contribution >= 0.6 is 0 Å². The van der Waals surface area contributed by atoms with E-state index < -0.39 is 11.9 Å². The van der Waals surface area contributed by atoms with Crippen molar-refractivity contribution in [1.82, 2.24) is 0 Å². The van der Waals surface area contributed by atoms with Crippen molar-refractivity contribution in [3.63, 3.8) is 0 Å². The van der Waals surface area contributed by atoms with Gasteiger partial charge in [0.05, 0.1) is 0 Å². The second kappa shape index (κ2) is 5.66. The van der Waals surface area contributed by atoms with Crippen molar-refractivity contribution in [1.29, 1.82) is 0 Å². The topological polar surface area (TPSA) is 46.5 Å². The predicted octanol–water partition coefficient (Wildman–Crippen LogP) is 3.07. The molecule has 1 aliphatic rings. The fourth-order valence-corrected chi connectivity index (χ4v) is 2.60. The zero-order valence-corrected chi connectivity index (χ0v) is 11.4. The molecule has 0 aliphatic heterocycles. The zero-order valence-electron chi connectivity index (χ0n) is 11.4. The first-order valence-corrected chi connectivity index (χ1v) is 6.87. The molecule has 108 valence electrons. The number of Topliss-reactive ketones (excluding diaryl/α,β-unsaturated/α-hetero) is 1. The van der Waals surface area contributed by atoms with Crippen molar-refractivity contribution >= 4 is 5.78 Å². The van der Waals surface area contributed by atoms with Gasteiger partial charge in [-0.2, -0.15) is 0 Å². The van der Waals surface area contributed by atoms with Crippen LogP contribution in [0, 0.1) is 5.82 Å². The van der Waals surface area contributed by atoms with E-state index in [0.717, 1.165) is 5.56 Å². The summed E-state index contributed by atoms with van der Waals surface area (Å²) in [6.07, 6.45) is 0.102. The lowest BCUT2D eigenvalue weighted by Crippen LogP contribution is -2.12. The van der Waals surface area contributed by atoms with E-state index in [1.807, 2.05) is 0 Å². The molecule has 1 atom stereocenters. The van der Waals surface area contributed by atoms with Gasteiger partial charge in [-0.3, -0.25) is 4.79 Å².